The standard InChI is InChI=1S/C22H36F4O.H2O.2H2/c1-15-2-4-16(5-3-15)6-7-17-8-10-18(11-9-17)19-12-13-21(20(23)14-19)27-22(24,25)26;;;/h15-21H,2-14H2,1H3;1H2;2*1H. The highest BCUT2D eigenvalue weighted by Crippen LogP contribution is 2.43. The van der Waals surface area contributed by atoms with Crippen LogP contribution in [0.2, 0.25) is 0 Å². The summed E-state index contributed by atoms with van der Waals surface area (Å²) in [5, 5.41) is 0. The first kappa shape index (κ1) is 23.9. The van der Waals surface area contributed by atoms with E-state index in [4.69, 9.17) is 0 Å². The fraction of sp³-hybridized carbons (Fsp3) is 1.00. The van der Waals surface area contributed by atoms with Crippen LogP contribution in [-0.4, -0.2) is 24.1 Å². The molecule has 0 aromatic heterocycles. The highest BCUT2D eigenvalue weighted by Gasteiger charge is 2.42. The largest absolute Gasteiger partial charge is 0.522 e. The van der Waals surface area contributed by atoms with Gasteiger partial charge in [0, 0.05) is 2.85 Å². The van der Waals surface area contributed by atoms with Gasteiger partial charge in [-0.05, 0) is 61.7 Å². The molecule has 170 valence electrons. The lowest BCUT2D eigenvalue weighted by molar-refractivity contribution is -0.352. The fourth-order valence-corrected chi connectivity index (χ4v) is 5.89. The van der Waals surface area contributed by atoms with Crippen LogP contribution in [0.4, 0.5) is 17.6 Å². The average Bonchev–Trinajstić information content (AvgIpc) is 2.62. The molecule has 6 heteroatoms. The minimum absolute atomic E-state index is 0. The van der Waals surface area contributed by atoms with Gasteiger partial charge in [-0.15, -0.1) is 13.2 Å². The van der Waals surface area contributed by atoms with Crippen LogP contribution in [0.1, 0.15) is 93.2 Å². The van der Waals surface area contributed by atoms with E-state index < -0.39 is 18.6 Å². The minimum atomic E-state index is -4.73. The van der Waals surface area contributed by atoms with Gasteiger partial charge in [0.2, 0.25) is 0 Å². The van der Waals surface area contributed by atoms with Crippen LogP contribution in [0, 0.1) is 29.6 Å². The molecule has 28 heavy (non-hydrogen) atoms. The van der Waals surface area contributed by atoms with Crippen molar-refractivity contribution in [2.45, 2.75) is 109 Å². The highest BCUT2D eigenvalue weighted by atomic mass is 19.4. The van der Waals surface area contributed by atoms with Crippen molar-refractivity contribution in [2.24, 2.45) is 29.6 Å². The summed E-state index contributed by atoms with van der Waals surface area (Å²) in [4.78, 5) is 0. The maximum Gasteiger partial charge on any atom is 0.522 e. The first-order valence-electron chi connectivity index (χ1n) is 11.2. The lowest BCUT2D eigenvalue weighted by Gasteiger charge is -2.39. The van der Waals surface area contributed by atoms with Crippen molar-refractivity contribution in [3.63, 3.8) is 0 Å². The van der Waals surface area contributed by atoms with Gasteiger partial charge >= 0.3 is 6.36 Å². The summed E-state index contributed by atoms with van der Waals surface area (Å²) in [6.45, 7) is 2.36. The fourth-order valence-electron chi connectivity index (χ4n) is 5.89. The molecule has 2 nitrogen and oxygen atoms in total. The Morgan fingerprint density at radius 2 is 1.29 bits per heavy atom. The topological polar surface area (TPSA) is 40.7 Å². The lowest BCUT2D eigenvalue weighted by Crippen LogP contribution is -2.39. The van der Waals surface area contributed by atoms with Crippen molar-refractivity contribution in [1.29, 1.82) is 0 Å². The van der Waals surface area contributed by atoms with E-state index in [1.807, 2.05) is 0 Å². The second-order valence-electron chi connectivity index (χ2n) is 9.68. The molecular weight excluding hydrogens is 372 g/mol. The first-order valence-corrected chi connectivity index (χ1v) is 11.2. The van der Waals surface area contributed by atoms with Crippen LogP contribution in [0.3, 0.4) is 0 Å². The Morgan fingerprint density at radius 1 is 0.786 bits per heavy atom. The van der Waals surface area contributed by atoms with E-state index in [-0.39, 0.29) is 27.1 Å². The SMILES string of the molecule is CC1CCC(CCC2CCC(C3CCC(OC(F)(F)F)C(F)C3)CC2)CC1.O.[HH].[HH]. The molecule has 0 radical (unpaired) electrons. The first-order chi connectivity index (χ1) is 12.8. The molecule has 0 bridgehead atoms. The van der Waals surface area contributed by atoms with Crippen LogP contribution in [0.5, 0.6) is 0 Å². The maximum absolute atomic E-state index is 14.2. The Hall–Kier alpha value is -0.360. The van der Waals surface area contributed by atoms with Crippen LogP contribution in [-0.2, 0) is 4.74 Å². The molecule has 0 aliphatic heterocycles. The summed E-state index contributed by atoms with van der Waals surface area (Å²) < 4.78 is 55.2. The third-order valence-corrected chi connectivity index (χ3v) is 7.71. The molecule has 3 atom stereocenters. The van der Waals surface area contributed by atoms with Gasteiger partial charge in [0.25, 0.3) is 0 Å². The molecule has 0 spiro atoms. The van der Waals surface area contributed by atoms with Crippen LogP contribution >= 0.6 is 0 Å². The van der Waals surface area contributed by atoms with Crippen molar-refractivity contribution in [1.82, 2.24) is 0 Å². The van der Waals surface area contributed by atoms with Crippen molar-refractivity contribution in [3.8, 4) is 0 Å². The molecule has 3 saturated carbocycles. The van der Waals surface area contributed by atoms with Crippen LogP contribution in [0.15, 0.2) is 0 Å². The molecular formula is C22H42F4O2. The Morgan fingerprint density at radius 3 is 1.79 bits per heavy atom. The van der Waals surface area contributed by atoms with Gasteiger partial charge in [-0.25, -0.2) is 4.39 Å². The Bertz CT molecular complexity index is 451. The minimum Gasteiger partial charge on any atom is -0.412 e. The Balaban J connectivity index is 0.00000280. The Labute approximate surface area is 170 Å². The summed E-state index contributed by atoms with van der Waals surface area (Å²) in [5.74, 6) is 3.39. The number of hydrogen-bond acceptors (Lipinski definition) is 1. The van der Waals surface area contributed by atoms with Gasteiger partial charge in [0.15, 0.2) is 0 Å². The normalized spacial score (nSPS) is 40.0. The molecule has 3 aliphatic carbocycles. The molecule has 0 aromatic carbocycles. The number of halogens is 4. The van der Waals surface area contributed by atoms with E-state index in [0.29, 0.717) is 12.3 Å². The second kappa shape index (κ2) is 10.6. The average molecular weight is 415 g/mol. The zero-order chi connectivity index (χ0) is 19.4. The zero-order valence-electron chi connectivity index (χ0n) is 17.2. The van der Waals surface area contributed by atoms with Gasteiger partial charge < -0.3 is 5.48 Å². The molecule has 3 rings (SSSR count). The maximum atomic E-state index is 14.2. The number of hydrogen-bond donors (Lipinski definition) is 0. The van der Waals surface area contributed by atoms with Crippen molar-refractivity contribution in [2.75, 3.05) is 0 Å². The summed E-state index contributed by atoms with van der Waals surface area (Å²) in [6.07, 6.45) is 6.64. The summed E-state index contributed by atoms with van der Waals surface area (Å²) >= 11 is 0. The van der Waals surface area contributed by atoms with E-state index in [2.05, 4.69) is 11.7 Å². The predicted molar refractivity (Wildman–Crippen MR) is 107 cm³/mol. The smallest absolute Gasteiger partial charge is 0.412 e. The van der Waals surface area contributed by atoms with E-state index in [1.54, 1.807) is 0 Å². The van der Waals surface area contributed by atoms with E-state index >= 15 is 0 Å². The quantitative estimate of drug-likeness (QED) is 0.442. The third kappa shape index (κ3) is 7.16. The van der Waals surface area contributed by atoms with E-state index in [9.17, 15) is 17.6 Å². The van der Waals surface area contributed by atoms with Gasteiger partial charge in [-0.2, -0.15) is 0 Å². The number of alkyl halides is 4. The van der Waals surface area contributed by atoms with E-state index in [1.165, 1.54) is 51.4 Å². The summed E-state index contributed by atoms with van der Waals surface area (Å²) in [6, 6.07) is 0. The van der Waals surface area contributed by atoms with Crippen LogP contribution in [0.25, 0.3) is 0 Å². The molecule has 0 saturated heterocycles. The summed E-state index contributed by atoms with van der Waals surface area (Å²) in [7, 11) is 0. The molecule has 0 amide bonds. The highest BCUT2D eigenvalue weighted by molar-refractivity contribution is 4.87. The summed E-state index contributed by atoms with van der Waals surface area (Å²) in [5.41, 5.74) is 0. The Kier molecular flexibility index (Phi) is 9.06. The van der Waals surface area contributed by atoms with Gasteiger partial charge in [0.05, 0.1) is 6.10 Å². The van der Waals surface area contributed by atoms with Crippen molar-refractivity contribution >= 4 is 0 Å². The van der Waals surface area contributed by atoms with Crippen LogP contribution < -0.4 is 0 Å². The molecule has 3 aliphatic rings. The predicted octanol–water partition coefficient (Wildman–Crippen LogP) is 7.11. The zero-order valence-corrected chi connectivity index (χ0v) is 17.2. The lowest BCUT2D eigenvalue weighted by atomic mass is 9.69. The van der Waals surface area contributed by atoms with Gasteiger partial charge in [-0.3, -0.25) is 4.74 Å². The molecule has 3 unspecified atom stereocenters. The molecule has 0 heterocycles. The monoisotopic (exact) mass is 414 g/mol. The number of ether oxygens (including phenoxy) is 1. The van der Waals surface area contributed by atoms with Gasteiger partial charge in [0.1, 0.15) is 6.17 Å². The van der Waals surface area contributed by atoms with Crippen molar-refractivity contribution < 1.29 is 30.6 Å². The van der Waals surface area contributed by atoms with Crippen molar-refractivity contribution in [3.05, 3.63) is 0 Å². The number of rotatable bonds is 5. The second-order valence-corrected chi connectivity index (χ2v) is 9.68. The third-order valence-electron chi connectivity index (χ3n) is 7.71. The molecule has 0 aromatic rings. The van der Waals surface area contributed by atoms with Gasteiger partial charge in [-0.1, -0.05) is 58.3 Å². The molecule has 2 N–H and O–H groups in total. The van der Waals surface area contributed by atoms with E-state index in [0.717, 1.165) is 30.6 Å². The molecule has 3 fully saturated rings.